The number of esters is 2. The molecule has 0 aromatic rings. The number of ether oxygens (including phenoxy) is 6. The first-order valence-electron chi connectivity index (χ1n) is 24.9. The third-order valence-corrected chi connectivity index (χ3v) is 15.1. The molecule has 2 saturated heterocycles. The van der Waals surface area contributed by atoms with Gasteiger partial charge < -0.3 is 43.5 Å². The van der Waals surface area contributed by atoms with Crippen LogP contribution in [0.25, 0.3) is 0 Å². The lowest BCUT2D eigenvalue weighted by Gasteiger charge is -2.42. The van der Waals surface area contributed by atoms with E-state index < -0.39 is 102 Å². The molecule has 15 nitrogen and oxygen atoms in total. The normalized spacial score (nSPS) is 38.7. The van der Waals surface area contributed by atoms with E-state index in [1.54, 1.807) is 48.0 Å². The molecule has 0 aromatic heterocycles. The fourth-order valence-electron chi connectivity index (χ4n) is 10.4. The van der Waals surface area contributed by atoms with Crippen molar-refractivity contribution in [1.82, 2.24) is 4.90 Å². The second-order valence-corrected chi connectivity index (χ2v) is 20.5. The summed E-state index contributed by atoms with van der Waals surface area (Å²) in [6.07, 6.45) is 10.7. The summed E-state index contributed by atoms with van der Waals surface area (Å²) in [5, 5.41) is 23.4. The van der Waals surface area contributed by atoms with Gasteiger partial charge >= 0.3 is 11.9 Å². The summed E-state index contributed by atoms with van der Waals surface area (Å²) in [5.74, 6) is -9.09. The predicted molar refractivity (Wildman–Crippen MR) is 260 cm³/mol. The van der Waals surface area contributed by atoms with Gasteiger partial charge in [-0.15, -0.1) is 11.6 Å². The zero-order chi connectivity index (χ0) is 51.2. The molecular formula is C53H80ClNO14. The molecule has 1 unspecified atom stereocenters. The van der Waals surface area contributed by atoms with Gasteiger partial charge in [0.15, 0.2) is 5.78 Å². The number of nitrogens with zero attached hydrogens (tertiary/aromatic N) is 1. The number of halogens is 1. The maximum Gasteiger partial charge on any atom is 0.329 e. The van der Waals surface area contributed by atoms with E-state index in [0.29, 0.717) is 69.8 Å². The molecule has 2 N–H and O–H groups in total. The second-order valence-electron chi connectivity index (χ2n) is 20.2. The van der Waals surface area contributed by atoms with Gasteiger partial charge in [0.2, 0.25) is 5.79 Å². The highest BCUT2D eigenvalue weighted by molar-refractivity contribution is 6.39. The molecule has 0 aromatic carbocycles. The van der Waals surface area contributed by atoms with E-state index in [1.807, 2.05) is 51.2 Å². The Morgan fingerprint density at radius 3 is 2.28 bits per heavy atom. The van der Waals surface area contributed by atoms with Crippen LogP contribution in [0.1, 0.15) is 126 Å². The lowest BCUT2D eigenvalue weighted by atomic mass is 9.78. The van der Waals surface area contributed by atoms with E-state index in [9.17, 15) is 39.0 Å². The van der Waals surface area contributed by atoms with Crippen LogP contribution < -0.4 is 0 Å². The number of rotatable bonds is 8. The van der Waals surface area contributed by atoms with Crippen molar-refractivity contribution in [2.75, 3.05) is 33.8 Å². The molecule has 4 aliphatic rings. The third kappa shape index (κ3) is 15.7. The number of fused-ring (bicyclic) bond motifs is 3. The topological polar surface area (TPSA) is 201 Å². The highest BCUT2D eigenvalue weighted by Crippen LogP contribution is 2.38. The summed E-state index contributed by atoms with van der Waals surface area (Å²) in [6, 6.07) is -1.17. The minimum Gasteiger partial charge on any atom is -0.460 e. The van der Waals surface area contributed by atoms with Gasteiger partial charge in [0.1, 0.15) is 42.1 Å². The fourth-order valence-corrected chi connectivity index (χ4v) is 10.5. The molecule has 15 atom stereocenters. The quantitative estimate of drug-likeness (QED) is 0.109. The van der Waals surface area contributed by atoms with Crippen molar-refractivity contribution in [2.45, 2.75) is 180 Å². The molecule has 0 spiro atoms. The molecule has 2 bridgehead atoms. The maximum atomic E-state index is 14.5. The minimum absolute atomic E-state index is 0.00644. The van der Waals surface area contributed by atoms with Crippen LogP contribution in [0.5, 0.6) is 0 Å². The Labute approximate surface area is 414 Å². The van der Waals surface area contributed by atoms with Gasteiger partial charge in [-0.1, -0.05) is 71.1 Å². The van der Waals surface area contributed by atoms with E-state index >= 15 is 0 Å². The Morgan fingerprint density at radius 2 is 1.61 bits per heavy atom. The smallest absolute Gasteiger partial charge is 0.329 e. The van der Waals surface area contributed by atoms with Gasteiger partial charge in [-0.25, -0.2) is 4.79 Å². The fraction of sp³-hybridized carbons (Fsp3) is 0.736. The molecule has 3 heterocycles. The van der Waals surface area contributed by atoms with Gasteiger partial charge in [-0.05, 0) is 107 Å². The number of Topliss-reactive ketones (excluding diaryl/α,β-unsaturated/α-hetero) is 3. The van der Waals surface area contributed by atoms with Crippen molar-refractivity contribution in [1.29, 1.82) is 0 Å². The maximum absolute atomic E-state index is 14.5. The molecule has 388 valence electrons. The Morgan fingerprint density at radius 1 is 0.884 bits per heavy atom. The molecule has 69 heavy (non-hydrogen) atoms. The predicted octanol–water partition coefficient (Wildman–Crippen LogP) is 6.97. The number of hydrogen-bond donors (Lipinski definition) is 2. The SMILES string of the molecule is CO[C@H]1C[C@@H]2CC[C@@H](C)[C@@](O)(O2)C(=O)C(=O)N2CCCC[C@H]2C(=O)O[C@H](C(C)C[C@@H]2CC[C@@H](OC(=O)CCl)[C@H](OC)C2)CC(=O)[C@H](C)/C=C(\C)[C@@H](O)[C@@H](OC)C(=O)[C@H](C)C[C@H](C)/C=C/C=C/C=C/1C. The molecule has 1 aliphatic carbocycles. The minimum atomic E-state index is -2.45. The van der Waals surface area contributed by atoms with Gasteiger partial charge in [-0.2, -0.15) is 0 Å². The van der Waals surface area contributed by atoms with Crippen molar-refractivity contribution in [3.8, 4) is 0 Å². The molecule has 0 radical (unpaired) electrons. The molecule has 16 heteroatoms. The molecule has 3 aliphatic heterocycles. The molecular weight excluding hydrogens is 910 g/mol. The monoisotopic (exact) mass is 990 g/mol. The first kappa shape index (κ1) is 58.0. The van der Waals surface area contributed by atoms with Gasteiger partial charge in [0.25, 0.3) is 11.7 Å². The average Bonchev–Trinajstić information content (AvgIpc) is 3.33. The van der Waals surface area contributed by atoms with Crippen LogP contribution in [0.2, 0.25) is 0 Å². The van der Waals surface area contributed by atoms with Crippen LogP contribution in [0.4, 0.5) is 0 Å². The number of cyclic esters (lactones) is 1. The van der Waals surface area contributed by atoms with Crippen LogP contribution in [0.3, 0.4) is 0 Å². The van der Waals surface area contributed by atoms with Crippen LogP contribution in [0, 0.1) is 35.5 Å². The number of aliphatic hydroxyl groups excluding tert-OH is 1. The van der Waals surface area contributed by atoms with Crippen LogP contribution in [-0.4, -0.2) is 139 Å². The Hall–Kier alpha value is -3.57. The third-order valence-electron chi connectivity index (χ3n) is 14.8. The molecule has 1 saturated carbocycles. The lowest BCUT2D eigenvalue weighted by molar-refractivity contribution is -0.265. The molecule has 3 fully saturated rings. The van der Waals surface area contributed by atoms with E-state index in [4.69, 9.17) is 40.0 Å². The number of aliphatic hydroxyl groups is 2. The first-order chi connectivity index (χ1) is 32.7. The van der Waals surface area contributed by atoms with Crippen molar-refractivity contribution < 1.29 is 67.4 Å². The molecule has 1 amide bonds. The van der Waals surface area contributed by atoms with Gasteiger partial charge in [-0.3, -0.25) is 24.0 Å². The van der Waals surface area contributed by atoms with Gasteiger partial charge in [0.05, 0.1) is 18.3 Å². The van der Waals surface area contributed by atoms with Crippen molar-refractivity contribution in [2.24, 2.45) is 35.5 Å². The number of amides is 1. The summed E-state index contributed by atoms with van der Waals surface area (Å²) < 4.78 is 35.1. The highest BCUT2D eigenvalue weighted by Gasteiger charge is 2.53. The number of hydrogen-bond acceptors (Lipinski definition) is 14. The summed E-state index contributed by atoms with van der Waals surface area (Å²) in [7, 11) is 4.49. The van der Waals surface area contributed by atoms with Crippen molar-refractivity contribution in [3.63, 3.8) is 0 Å². The summed E-state index contributed by atoms with van der Waals surface area (Å²) in [6.45, 7) is 12.6. The number of alkyl halides is 1. The number of piperidine rings is 1. The highest BCUT2D eigenvalue weighted by atomic mass is 35.5. The second kappa shape index (κ2) is 27.3. The van der Waals surface area contributed by atoms with E-state index in [0.717, 1.165) is 5.57 Å². The van der Waals surface area contributed by atoms with Crippen molar-refractivity contribution >= 4 is 46.8 Å². The van der Waals surface area contributed by atoms with Crippen LogP contribution in [-0.2, 0) is 57.2 Å². The summed E-state index contributed by atoms with van der Waals surface area (Å²) >= 11 is 5.71. The number of ketones is 3. The van der Waals surface area contributed by atoms with E-state index in [2.05, 4.69) is 0 Å². The number of allylic oxidation sites excluding steroid dienone is 6. The van der Waals surface area contributed by atoms with E-state index in [-0.39, 0.29) is 48.7 Å². The Kier molecular flexibility index (Phi) is 23.0. The Bertz CT molecular complexity index is 1900. The van der Waals surface area contributed by atoms with Gasteiger partial charge in [0, 0.05) is 58.5 Å². The number of carbonyl (C=O) groups excluding carboxylic acids is 6. The Balaban J connectivity index is 1.70. The average molecular weight is 991 g/mol. The lowest BCUT2D eigenvalue weighted by Crippen LogP contribution is -2.61. The summed E-state index contributed by atoms with van der Waals surface area (Å²) in [5.41, 5.74) is 1.24. The van der Waals surface area contributed by atoms with Crippen molar-refractivity contribution in [3.05, 3.63) is 47.6 Å². The zero-order valence-corrected chi connectivity index (χ0v) is 43.3. The molecule has 4 rings (SSSR count). The zero-order valence-electron chi connectivity index (χ0n) is 42.6. The standard InChI is InChI=1S/C53H80ClNO14/c1-31-16-12-11-13-17-32(2)43(64-8)28-39-21-19-37(7)53(63,69-39)50(60)51(61)55-23-15-14-18-40(55)52(62)68-44(34(4)26-38-20-22-42(45(27-38)65-9)67-46(57)30-54)29-41(56)33(3)25-36(6)48(59)49(66-10)47(58)35(5)24-31/h11-13,16-17,25,31,33-35,37-40,42-45,48-49,59,63H,14-15,18-24,26-30H2,1-10H3/b13-11+,16-12+,32-17+,36-25+/t31-,33-,34?,35-,37-,38+,39+,40+,42-,43+,44+,45-,48-,49+,53-/m1/s1. The van der Waals surface area contributed by atoms with Crippen LogP contribution in [0.15, 0.2) is 47.6 Å². The summed E-state index contributed by atoms with van der Waals surface area (Å²) in [4.78, 5) is 84.2. The first-order valence-corrected chi connectivity index (χ1v) is 25.5. The number of carbonyl (C=O) groups is 6. The largest absolute Gasteiger partial charge is 0.460 e. The van der Waals surface area contributed by atoms with E-state index in [1.165, 1.54) is 12.0 Å². The van der Waals surface area contributed by atoms with Crippen LogP contribution >= 0.6 is 11.6 Å². The number of methoxy groups -OCH3 is 3.